The summed E-state index contributed by atoms with van der Waals surface area (Å²) in [7, 11) is 0. The van der Waals surface area contributed by atoms with E-state index in [1.54, 1.807) is 60.8 Å². The predicted molar refractivity (Wildman–Crippen MR) is 109 cm³/mol. The minimum absolute atomic E-state index is 0.181. The Labute approximate surface area is 172 Å². The predicted octanol–water partition coefficient (Wildman–Crippen LogP) is 3.99. The first-order chi connectivity index (χ1) is 13.5. The van der Waals surface area contributed by atoms with Gasteiger partial charge in [0.1, 0.15) is 5.84 Å². The number of aliphatic imine (C=N–C) groups is 1. The SMILES string of the molecule is O=C(NC1(Cc2ccc(Cl)cc2)N=C2C=CC=CN2C1=O)c1ccccc1Cl. The van der Waals surface area contributed by atoms with Gasteiger partial charge in [0.05, 0.1) is 10.6 Å². The Kier molecular flexibility index (Phi) is 4.79. The highest BCUT2D eigenvalue weighted by molar-refractivity contribution is 6.34. The number of carbonyl (C=O) groups excluding carboxylic acids is 2. The highest BCUT2D eigenvalue weighted by atomic mass is 35.5. The largest absolute Gasteiger partial charge is 0.319 e. The minimum Gasteiger partial charge on any atom is -0.319 e. The van der Waals surface area contributed by atoms with Crippen LogP contribution in [0.25, 0.3) is 0 Å². The van der Waals surface area contributed by atoms with Gasteiger partial charge in [-0.05, 0) is 42.0 Å². The number of nitrogens with zero attached hydrogens (tertiary/aromatic N) is 2. The standard InChI is InChI=1S/C21H15Cl2N3O2/c22-15-10-8-14(9-11-15)13-21(20(28)26-12-4-3-7-18(26)24-21)25-19(27)16-5-1-2-6-17(16)23/h1-12H,13H2,(H,25,27). The quantitative estimate of drug-likeness (QED) is 0.826. The molecule has 7 heteroatoms. The monoisotopic (exact) mass is 411 g/mol. The molecule has 1 N–H and O–H groups in total. The average Bonchev–Trinajstić information content (AvgIpc) is 2.96. The molecule has 1 unspecified atom stereocenters. The van der Waals surface area contributed by atoms with Crippen LogP contribution in [0.2, 0.25) is 10.0 Å². The van der Waals surface area contributed by atoms with Crippen molar-refractivity contribution in [3.63, 3.8) is 0 Å². The van der Waals surface area contributed by atoms with Crippen molar-refractivity contribution >= 4 is 40.9 Å². The number of benzene rings is 2. The third kappa shape index (κ3) is 3.35. The second-order valence-corrected chi connectivity index (χ2v) is 7.29. The number of fused-ring (bicyclic) bond motifs is 1. The molecule has 2 aliphatic rings. The van der Waals surface area contributed by atoms with Gasteiger partial charge in [-0.15, -0.1) is 0 Å². The summed E-state index contributed by atoms with van der Waals surface area (Å²) in [6.07, 6.45) is 7.07. The zero-order chi connectivity index (χ0) is 19.7. The van der Waals surface area contributed by atoms with Gasteiger partial charge < -0.3 is 5.32 Å². The maximum Gasteiger partial charge on any atom is 0.281 e. The Hall–Kier alpha value is -2.89. The van der Waals surface area contributed by atoms with E-state index in [0.717, 1.165) is 5.56 Å². The van der Waals surface area contributed by atoms with E-state index in [2.05, 4.69) is 10.3 Å². The lowest BCUT2D eigenvalue weighted by atomic mass is 9.98. The molecule has 0 fully saturated rings. The van der Waals surface area contributed by atoms with Gasteiger partial charge in [0.25, 0.3) is 11.8 Å². The van der Waals surface area contributed by atoms with E-state index >= 15 is 0 Å². The second kappa shape index (κ2) is 7.26. The summed E-state index contributed by atoms with van der Waals surface area (Å²) in [6, 6.07) is 13.8. The summed E-state index contributed by atoms with van der Waals surface area (Å²) in [5.41, 5.74) is -0.378. The summed E-state index contributed by atoms with van der Waals surface area (Å²) in [5.74, 6) is -0.329. The molecule has 140 valence electrons. The lowest BCUT2D eigenvalue weighted by Crippen LogP contribution is -2.55. The molecule has 2 aromatic rings. The zero-order valence-electron chi connectivity index (χ0n) is 14.6. The first-order valence-electron chi connectivity index (χ1n) is 8.58. The number of carbonyl (C=O) groups is 2. The first-order valence-corrected chi connectivity index (χ1v) is 9.34. The molecular formula is C21H15Cl2N3O2. The van der Waals surface area contributed by atoms with Gasteiger partial charge in [-0.2, -0.15) is 0 Å². The smallest absolute Gasteiger partial charge is 0.281 e. The Balaban J connectivity index is 1.73. The minimum atomic E-state index is -1.47. The van der Waals surface area contributed by atoms with Crippen molar-refractivity contribution in [3.8, 4) is 0 Å². The van der Waals surface area contributed by atoms with Gasteiger partial charge in [-0.1, -0.05) is 53.5 Å². The van der Waals surface area contributed by atoms with E-state index in [1.807, 2.05) is 12.1 Å². The molecule has 0 spiro atoms. The first kappa shape index (κ1) is 18.5. The molecule has 1 atom stereocenters. The molecule has 28 heavy (non-hydrogen) atoms. The van der Waals surface area contributed by atoms with Crippen LogP contribution in [0.1, 0.15) is 15.9 Å². The number of amides is 2. The van der Waals surface area contributed by atoms with Crippen molar-refractivity contribution in [2.24, 2.45) is 4.99 Å². The number of allylic oxidation sites excluding steroid dienone is 2. The third-order valence-corrected chi connectivity index (χ3v) is 5.11. The van der Waals surface area contributed by atoms with Crippen molar-refractivity contribution in [3.05, 3.63) is 94.1 Å². The Morgan fingerprint density at radius 2 is 1.82 bits per heavy atom. The fourth-order valence-electron chi connectivity index (χ4n) is 3.18. The molecule has 0 bridgehead atoms. The van der Waals surface area contributed by atoms with Crippen molar-refractivity contribution in [2.45, 2.75) is 12.1 Å². The zero-order valence-corrected chi connectivity index (χ0v) is 16.1. The average molecular weight is 412 g/mol. The van der Waals surface area contributed by atoms with Crippen molar-refractivity contribution in [1.82, 2.24) is 10.2 Å². The molecule has 2 aliphatic heterocycles. The van der Waals surface area contributed by atoms with E-state index < -0.39 is 11.6 Å². The Morgan fingerprint density at radius 1 is 1.07 bits per heavy atom. The fraction of sp³-hybridized carbons (Fsp3) is 0.0952. The molecule has 4 rings (SSSR count). The van der Waals surface area contributed by atoms with Gasteiger partial charge in [-0.3, -0.25) is 14.5 Å². The van der Waals surface area contributed by atoms with Crippen LogP contribution in [0.15, 0.2) is 78.0 Å². The maximum absolute atomic E-state index is 13.2. The summed E-state index contributed by atoms with van der Waals surface area (Å²) in [5, 5.41) is 3.71. The molecule has 2 amide bonds. The van der Waals surface area contributed by atoms with Crippen LogP contribution in [-0.4, -0.2) is 28.2 Å². The third-order valence-electron chi connectivity index (χ3n) is 4.53. The highest BCUT2D eigenvalue weighted by Crippen LogP contribution is 2.29. The molecule has 0 radical (unpaired) electrons. The van der Waals surface area contributed by atoms with Gasteiger partial charge in [0.15, 0.2) is 0 Å². The van der Waals surface area contributed by atoms with Crippen molar-refractivity contribution < 1.29 is 9.59 Å². The van der Waals surface area contributed by atoms with Crippen LogP contribution < -0.4 is 5.32 Å². The van der Waals surface area contributed by atoms with Crippen LogP contribution in [-0.2, 0) is 11.2 Å². The molecule has 2 aromatic carbocycles. The van der Waals surface area contributed by atoms with E-state index in [1.165, 1.54) is 4.90 Å². The molecule has 0 aliphatic carbocycles. The molecule has 2 heterocycles. The van der Waals surface area contributed by atoms with Crippen LogP contribution in [0.3, 0.4) is 0 Å². The summed E-state index contributed by atoms with van der Waals surface area (Å²) in [4.78, 5) is 32.2. The van der Waals surface area contributed by atoms with Gasteiger partial charge >= 0.3 is 0 Å². The number of amidine groups is 1. The van der Waals surface area contributed by atoms with E-state index in [0.29, 0.717) is 15.9 Å². The Bertz CT molecular complexity index is 1040. The van der Waals surface area contributed by atoms with Crippen LogP contribution in [0, 0.1) is 0 Å². The fourth-order valence-corrected chi connectivity index (χ4v) is 3.53. The van der Waals surface area contributed by atoms with E-state index in [-0.39, 0.29) is 17.9 Å². The maximum atomic E-state index is 13.2. The lowest BCUT2D eigenvalue weighted by molar-refractivity contribution is -0.130. The van der Waals surface area contributed by atoms with Crippen LogP contribution >= 0.6 is 23.2 Å². The topological polar surface area (TPSA) is 61.8 Å². The number of hydrogen-bond donors (Lipinski definition) is 1. The molecule has 0 aromatic heterocycles. The molecule has 0 saturated heterocycles. The normalized spacial score (nSPS) is 20.1. The Morgan fingerprint density at radius 3 is 2.54 bits per heavy atom. The lowest BCUT2D eigenvalue weighted by Gasteiger charge is -2.27. The van der Waals surface area contributed by atoms with Crippen molar-refractivity contribution in [2.75, 3.05) is 0 Å². The number of hydrogen-bond acceptors (Lipinski definition) is 3. The summed E-state index contributed by atoms with van der Waals surface area (Å²) >= 11 is 12.1. The molecule has 5 nitrogen and oxygen atoms in total. The van der Waals surface area contributed by atoms with E-state index in [4.69, 9.17) is 23.2 Å². The number of halogens is 2. The van der Waals surface area contributed by atoms with E-state index in [9.17, 15) is 9.59 Å². The van der Waals surface area contributed by atoms with Gasteiger partial charge in [0.2, 0.25) is 5.66 Å². The van der Waals surface area contributed by atoms with Crippen LogP contribution in [0.4, 0.5) is 0 Å². The molecular weight excluding hydrogens is 397 g/mol. The van der Waals surface area contributed by atoms with Crippen LogP contribution in [0.5, 0.6) is 0 Å². The number of nitrogens with one attached hydrogen (secondary N) is 1. The highest BCUT2D eigenvalue weighted by Gasteiger charge is 2.49. The van der Waals surface area contributed by atoms with Gasteiger partial charge in [0, 0.05) is 17.6 Å². The van der Waals surface area contributed by atoms with Gasteiger partial charge in [-0.25, -0.2) is 4.99 Å². The second-order valence-electron chi connectivity index (χ2n) is 6.44. The molecule has 0 saturated carbocycles. The number of rotatable bonds is 4. The summed E-state index contributed by atoms with van der Waals surface area (Å²) < 4.78 is 0. The summed E-state index contributed by atoms with van der Waals surface area (Å²) in [6.45, 7) is 0. The van der Waals surface area contributed by atoms with Crippen molar-refractivity contribution in [1.29, 1.82) is 0 Å².